The summed E-state index contributed by atoms with van der Waals surface area (Å²) in [5.74, 6) is -1.54. The lowest BCUT2D eigenvalue weighted by Gasteiger charge is -2.24. The van der Waals surface area contributed by atoms with E-state index in [2.05, 4.69) is 4.74 Å². The van der Waals surface area contributed by atoms with E-state index in [1.165, 1.54) is 31.1 Å². The molecule has 2 rings (SSSR count). The minimum atomic E-state index is -1.03. The summed E-state index contributed by atoms with van der Waals surface area (Å²) in [6.07, 6.45) is 1.86. The van der Waals surface area contributed by atoms with Gasteiger partial charge in [0, 0.05) is 18.3 Å². The number of ether oxygens (including phenoxy) is 2. The first-order valence-corrected chi connectivity index (χ1v) is 9.26. The average Bonchev–Trinajstić information content (AvgIpc) is 2.78. The molecule has 0 aliphatic rings. The Labute approximate surface area is 175 Å². The Morgan fingerprint density at radius 3 is 2.37 bits per heavy atom. The Morgan fingerprint density at radius 2 is 1.77 bits per heavy atom. The van der Waals surface area contributed by atoms with E-state index in [1.54, 1.807) is 48.5 Å². The van der Waals surface area contributed by atoms with Gasteiger partial charge in [0.05, 0.1) is 25.2 Å². The molecule has 2 aromatic carbocycles. The Balaban J connectivity index is 2.00. The maximum absolute atomic E-state index is 12.8. The topological polar surface area (TPSA) is 96.7 Å². The van der Waals surface area contributed by atoms with Crippen molar-refractivity contribution in [2.24, 2.45) is 0 Å². The summed E-state index contributed by atoms with van der Waals surface area (Å²) in [6.45, 7) is 1.69. The Hall–Kier alpha value is -3.92. The van der Waals surface area contributed by atoms with E-state index in [-0.39, 0.29) is 13.0 Å². The first-order chi connectivity index (χ1) is 14.5. The summed E-state index contributed by atoms with van der Waals surface area (Å²) >= 11 is 0. The van der Waals surface area contributed by atoms with Crippen molar-refractivity contribution in [1.29, 1.82) is 5.26 Å². The minimum Gasteiger partial charge on any atom is -0.465 e. The van der Waals surface area contributed by atoms with Gasteiger partial charge in [-0.3, -0.25) is 4.79 Å². The second kappa shape index (κ2) is 11.2. The first kappa shape index (κ1) is 22.4. The van der Waals surface area contributed by atoms with Crippen LogP contribution >= 0.6 is 0 Å². The largest absolute Gasteiger partial charge is 0.465 e. The molecule has 1 unspecified atom stereocenters. The zero-order valence-corrected chi connectivity index (χ0v) is 16.8. The summed E-state index contributed by atoms with van der Waals surface area (Å²) in [5, 5.41) is 8.86. The van der Waals surface area contributed by atoms with Gasteiger partial charge in [0.15, 0.2) is 6.10 Å². The summed E-state index contributed by atoms with van der Waals surface area (Å²) in [4.78, 5) is 37.7. The van der Waals surface area contributed by atoms with Crippen LogP contribution in [0.2, 0.25) is 0 Å². The van der Waals surface area contributed by atoms with Crippen LogP contribution in [0.25, 0.3) is 6.08 Å². The average molecular weight is 406 g/mol. The molecule has 0 saturated heterocycles. The summed E-state index contributed by atoms with van der Waals surface area (Å²) in [7, 11) is 1.30. The summed E-state index contributed by atoms with van der Waals surface area (Å²) in [5.41, 5.74) is 1.70. The minimum absolute atomic E-state index is 0.156. The van der Waals surface area contributed by atoms with Crippen molar-refractivity contribution in [3.05, 3.63) is 71.8 Å². The molecule has 0 fully saturated rings. The monoisotopic (exact) mass is 406 g/mol. The fraction of sp³-hybridized carbons (Fsp3) is 0.217. The second-order valence-corrected chi connectivity index (χ2v) is 6.26. The SMILES string of the molecule is COC(=O)c1ccc(/C=C/C(=O)OC(C)C(=O)N(CCC#N)c2ccccc2)cc1. The zero-order chi connectivity index (χ0) is 21.9. The van der Waals surface area contributed by atoms with Crippen molar-refractivity contribution in [3.63, 3.8) is 0 Å². The van der Waals surface area contributed by atoms with E-state index in [0.29, 0.717) is 16.8 Å². The number of rotatable bonds is 8. The third-order valence-corrected chi connectivity index (χ3v) is 4.17. The van der Waals surface area contributed by atoms with Crippen molar-refractivity contribution >= 4 is 29.6 Å². The van der Waals surface area contributed by atoms with Crippen LogP contribution in [0.15, 0.2) is 60.7 Å². The van der Waals surface area contributed by atoms with Crippen molar-refractivity contribution in [2.75, 3.05) is 18.6 Å². The van der Waals surface area contributed by atoms with E-state index >= 15 is 0 Å². The van der Waals surface area contributed by atoms with E-state index in [0.717, 1.165) is 0 Å². The van der Waals surface area contributed by atoms with Crippen LogP contribution in [0.3, 0.4) is 0 Å². The van der Waals surface area contributed by atoms with E-state index < -0.39 is 23.9 Å². The number of hydrogen-bond acceptors (Lipinski definition) is 6. The Morgan fingerprint density at radius 1 is 1.10 bits per heavy atom. The highest BCUT2D eigenvalue weighted by atomic mass is 16.5. The van der Waals surface area contributed by atoms with Crippen LogP contribution in [0.1, 0.15) is 29.3 Å². The maximum Gasteiger partial charge on any atom is 0.337 e. The Kier molecular flexibility index (Phi) is 8.33. The molecule has 1 amide bonds. The van der Waals surface area contributed by atoms with Crippen LogP contribution < -0.4 is 4.90 Å². The van der Waals surface area contributed by atoms with Crippen molar-refractivity contribution < 1.29 is 23.9 Å². The number of hydrogen-bond donors (Lipinski definition) is 0. The summed E-state index contributed by atoms with van der Waals surface area (Å²) < 4.78 is 9.85. The van der Waals surface area contributed by atoms with Crippen LogP contribution in [-0.4, -0.2) is 37.6 Å². The molecule has 30 heavy (non-hydrogen) atoms. The third kappa shape index (κ3) is 6.31. The quantitative estimate of drug-likeness (QED) is 0.493. The number of anilines is 1. The Bertz CT molecular complexity index is 946. The molecule has 1 atom stereocenters. The van der Waals surface area contributed by atoms with Gasteiger partial charge in [0.25, 0.3) is 5.91 Å². The molecule has 0 aliphatic carbocycles. The highest BCUT2D eigenvalue weighted by Gasteiger charge is 2.24. The van der Waals surface area contributed by atoms with Crippen LogP contribution in [-0.2, 0) is 19.1 Å². The first-order valence-electron chi connectivity index (χ1n) is 9.26. The van der Waals surface area contributed by atoms with Gasteiger partial charge in [0.1, 0.15) is 0 Å². The number of carbonyl (C=O) groups is 3. The van der Waals surface area contributed by atoms with Gasteiger partial charge in [-0.1, -0.05) is 30.3 Å². The molecule has 2 aromatic rings. The molecule has 0 spiro atoms. The van der Waals surface area contributed by atoms with Gasteiger partial charge >= 0.3 is 11.9 Å². The number of nitriles is 1. The molecule has 154 valence electrons. The number of benzene rings is 2. The van der Waals surface area contributed by atoms with Crippen molar-refractivity contribution in [3.8, 4) is 6.07 Å². The normalized spacial score (nSPS) is 11.4. The smallest absolute Gasteiger partial charge is 0.337 e. The molecule has 7 nitrogen and oxygen atoms in total. The predicted molar refractivity (Wildman–Crippen MR) is 111 cm³/mol. The van der Waals surface area contributed by atoms with Crippen LogP contribution in [0.5, 0.6) is 0 Å². The lowest BCUT2D eigenvalue weighted by atomic mass is 10.1. The molecule has 0 radical (unpaired) electrons. The molecule has 0 bridgehead atoms. The van der Waals surface area contributed by atoms with Crippen LogP contribution in [0, 0.1) is 11.3 Å². The fourth-order valence-electron chi connectivity index (χ4n) is 2.63. The number of carbonyl (C=O) groups excluding carboxylic acids is 3. The van der Waals surface area contributed by atoms with Gasteiger partial charge in [-0.05, 0) is 42.8 Å². The van der Waals surface area contributed by atoms with Gasteiger partial charge in [-0.15, -0.1) is 0 Å². The molecule has 0 aliphatic heterocycles. The van der Waals surface area contributed by atoms with Gasteiger partial charge in [0.2, 0.25) is 0 Å². The standard InChI is InChI=1S/C23H22N2O5/c1-17(22(27)25(16-6-15-24)20-7-4-3-5-8-20)30-21(26)14-11-18-9-12-19(13-10-18)23(28)29-2/h3-5,7-14,17H,6,16H2,1-2H3/b14-11+. The van der Waals surface area contributed by atoms with E-state index in [9.17, 15) is 14.4 Å². The highest BCUT2D eigenvalue weighted by molar-refractivity contribution is 5.98. The van der Waals surface area contributed by atoms with Crippen molar-refractivity contribution in [1.82, 2.24) is 0 Å². The van der Waals surface area contributed by atoms with Gasteiger partial charge < -0.3 is 14.4 Å². The second-order valence-electron chi connectivity index (χ2n) is 6.26. The number of amides is 1. The van der Waals surface area contributed by atoms with E-state index in [4.69, 9.17) is 10.00 Å². The van der Waals surface area contributed by atoms with Crippen LogP contribution in [0.4, 0.5) is 5.69 Å². The van der Waals surface area contributed by atoms with Gasteiger partial charge in [-0.2, -0.15) is 5.26 Å². The molecule has 0 saturated carbocycles. The molecular formula is C23H22N2O5. The third-order valence-electron chi connectivity index (χ3n) is 4.17. The molecular weight excluding hydrogens is 384 g/mol. The zero-order valence-electron chi connectivity index (χ0n) is 16.8. The van der Waals surface area contributed by atoms with Crippen molar-refractivity contribution in [2.45, 2.75) is 19.4 Å². The lowest BCUT2D eigenvalue weighted by Crippen LogP contribution is -2.40. The predicted octanol–water partition coefficient (Wildman–Crippen LogP) is 3.36. The molecule has 0 N–H and O–H groups in total. The molecule has 0 aromatic heterocycles. The molecule has 7 heteroatoms. The molecule has 0 heterocycles. The highest BCUT2D eigenvalue weighted by Crippen LogP contribution is 2.16. The number of methoxy groups -OCH3 is 1. The summed E-state index contributed by atoms with van der Waals surface area (Å²) in [6, 6.07) is 17.4. The number of esters is 2. The van der Waals surface area contributed by atoms with E-state index in [1.807, 2.05) is 12.1 Å². The number of nitrogens with zero attached hydrogens (tertiary/aromatic N) is 2. The number of para-hydroxylation sites is 1. The lowest BCUT2D eigenvalue weighted by molar-refractivity contribution is -0.149. The van der Waals surface area contributed by atoms with Gasteiger partial charge in [-0.25, -0.2) is 9.59 Å². The maximum atomic E-state index is 12.8. The fourth-order valence-corrected chi connectivity index (χ4v) is 2.63.